The van der Waals surface area contributed by atoms with Gasteiger partial charge in [-0.1, -0.05) is 37.8 Å². The lowest BCUT2D eigenvalue weighted by atomic mass is 10.2. The molecule has 0 saturated heterocycles. The van der Waals surface area contributed by atoms with E-state index in [9.17, 15) is 38.4 Å². The van der Waals surface area contributed by atoms with E-state index in [4.69, 9.17) is 54.3 Å². The van der Waals surface area contributed by atoms with Gasteiger partial charge < -0.3 is 74.8 Å². The van der Waals surface area contributed by atoms with Crippen LogP contribution in [0.2, 0.25) is 0 Å². The predicted octanol–water partition coefficient (Wildman–Crippen LogP) is 2.33. The smallest absolute Gasteiger partial charge is 0.409 e. The van der Waals surface area contributed by atoms with Crippen molar-refractivity contribution in [3.8, 4) is 24.1 Å². The van der Waals surface area contributed by atoms with Crippen LogP contribution in [-0.4, -0.2) is 196 Å². The van der Waals surface area contributed by atoms with Crippen LogP contribution in [0.5, 0.6) is 0 Å². The summed E-state index contributed by atoms with van der Waals surface area (Å²) in [5, 5.41) is 44.7. The summed E-state index contributed by atoms with van der Waals surface area (Å²) in [6, 6.07) is 0. The number of carbonyl (C=O) groups is 8. The molecule has 0 aromatic heterocycles. The fraction of sp³-hybridized carbons (Fsp3) is 0.704. The highest BCUT2D eigenvalue weighted by molar-refractivity contribution is 5.81. The maximum absolute atomic E-state index is 13.2. The lowest BCUT2D eigenvalue weighted by Gasteiger charge is -2.23. The molecule has 0 unspecified atom stereocenters. The van der Waals surface area contributed by atoms with Crippen molar-refractivity contribution >= 4 is 47.8 Å². The minimum Gasteiger partial charge on any atom is -0.481 e. The van der Waals surface area contributed by atoms with Gasteiger partial charge in [-0.15, -0.1) is 0 Å². The topological polar surface area (TPSA) is 403 Å². The van der Waals surface area contributed by atoms with Gasteiger partial charge in [-0.2, -0.15) is 21.5 Å². The number of nitrogens with one attached hydrogen (secondary N) is 8. The lowest BCUT2D eigenvalue weighted by molar-refractivity contribution is -0.171. The second kappa shape index (κ2) is 57.2. The van der Waals surface area contributed by atoms with Crippen LogP contribution in [-0.2, 0) is 72.1 Å². The molecule has 0 bridgehead atoms. The molecule has 0 atom stereocenters. The first-order valence-corrected chi connectivity index (χ1v) is 28.5. The van der Waals surface area contributed by atoms with Crippen LogP contribution in [0, 0.1) is 24.1 Å². The van der Waals surface area contributed by atoms with E-state index in [1.807, 2.05) is 0 Å². The molecular weight excluding hydrogens is 1120 g/mol. The number of carboxylic acid groups (broad SMARTS) is 2. The van der Waals surface area contributed by atoms with E-state index in [0.717, 1.165) is 25.7 Å². The summed E-state index contributed by atoms with van der Waals surface area (Å²) in [5.74, 6) is 2.75. The van der Waals surface area contributed by atoms with Crippen molar-refractivity contribution in [1.29, 1.82) is 0 Å². The Morgan fingerprint density at radius 1 is 0.388 bits per heavy atom. The number of amides is 6. The van der Waals surface area contributed by atoms with Crippen LogP contribution in [0.25, 0.3) is 0 Å². The average Bonchev–Trinajstić information content (AvgIpc) is 3.48. The average molecular weight is 1220 g/mol. The first kappa shape index (κ1) is 77.8. The zero-order valence-electron chi connectivity index (χ0n) is 48.9. The quantitative estimate of drug-likeness (QED) is 0.0137. The molecule has 31 heteroatoms. The lowest BCUT2D eigenvalue weighted by Crippen LogP contribution is -2.43. The van der Waals surface area contributed by atoms with Gasteiger partial charge in [0, 0.05) is 130 Å². The highest BCUT2D eigenvalue weighted by Crippen LogP contribution is 2.07. The van der Waals surface area contributed by atoms with Gasteiger partial charge in [0.15, 0.2) is 12.2 Å². The zero-order valence-corrected chi connectivity index (χ0v) is 48.9. The van der Waals surface area contributed by atoms with Crippen molar-refractivity contribution in [2.45, 2.75) is 128 Å². The molecule has 0 aromatic rings. The molecular formula is C54H92N10O21. The van der Waals surface area contributed by atoms with Crippen LogP contribution < -0.4 is 43.2 Å². The Morgan fingerprint density at radius 2 is 0.753 bits per heavy atom. The van der Waals surface area contributed by atoms with Crippen LogP contribution in [0.1, 0.15) is 128 Å². The molecule has 0 rings (SSSR count). The molecule has 0 aliphatic carbocycles. The van der Waals surface area contributed by atoms with Gasteiger partial charge in [-0.25, -0.2) is 20.5 Å². The molecule has 0 saturated carbocycles. The fourth-order valence-electron chi connectivity index (χ4n) is 6.80. The third kappa shape index (κ3) is 54.5. The van der Waals surface area contributed by atoms with E-state index >= 15 is 0 Å². The summed E-state index contributed by atoms with van der Waals surface area (Å²) < 4.78 is 16.5. The number of carbonyl (C=O) groups excluding carboxylic acids is 6. The number of hydrogen-bond acceptors (Lipinski definition) is 23. The molecule has 484 valence electrons. The summed E-state index contributed by atoms with van der Waals surface area (Å²) in [4.78, 5) is 128. The molecule has 85 heavy (non-hydrogen) atoms. The van der Waals surface area contributed by atoms with Gasteiger partial charge >= 0.3 is 24.1 Å². The highest BCUT2D eigenvalue weighted by Gasteiger charge is 2.18. The summed E-state index contributed by atoms with van der Waals surface area (Å²) in [7, 11) is 0. The normalized spacial score (nSPS) is 10.4. The summed E-state index contributed by atoms with van der Waals surface area (Å²) >= 11 is 0. The number of hydroxylamine groups is 4. The van der Waals surface area contributed by atoms with Crippen molar-refractivity contribution in [1.82, 2.24) is 53.0 Å². The Hall–Kier alpha value is -7.20. The molecule has 0 fully saturated rings. The van der Waals surface area contributed by atoms with Crippen molar-refractivity contribution in [2.24, 2.45) is 0 Å². The van der Waals surface area contributed by atoms with Crippen molar-refractivity contribution < 1.29 is 102 Å². The van der Waals surface area contributed by atoms with Gasteiger partial charge in [-0.3, -0.25) is 38.5 Å². The zero-order chi connectivity index (χ0) is 62.6. The molecule has 0 aliphatic rings. The van der Waals surface area contributed by atoms with Crippen LogP contribution >= 0.6 is 0 Å². The predicted molar refractivity (Wildman–Crippen MR) is 304 cm³/mol. The monoisotopic (exact) mass is 1220 g/mol. The Balaban J connectivity index is 5.12. The highest BCUT2D eigenvalue weighted by atomic mass is 17.1. The molecule has 12 N–H and O–H groups in total. The second-order valence-corrected chi connectivity index (χ2v) is 18.3. The third-order valence-electron chi connectivity index (χ3n) is 11.2. The largest absolute Gasteiger partial charge is 0.481 e. The number of rotatable bonds is 56. The van der Waals surface area contributed by atoms with Crippen LogP contribution in [0.4, 0.5) is 9.59 Å². The number of hydrogen-bond donors (Lipinski definition) is 12. The van der Waals surface area contributed by atoms with Crippen molar-refractivity contribution in [2.75, 3.05) is 118 Å². The number of carboxylic acids is 2. The van der Waals surface area contributed by atoms with E-state index in [2.05, 4.69) is 90.2 Å². The molecule has 31 nitrogen and oxygen atoms in total. The standard InChI is InChI=1S/C54H92N10O21/c1-45(17-7-11-27-59-80-37-13-15-39-82-75)84-61-31-35-64(36-32-62-85-46(2)18-8-12-28-60-81-38-14-16-40-83-76)54(74)79-44-42-77-41-43-78-53(73)63(33-29-57-47(65)19-5-3-9-25-55-49(67)21-23-51(69)70)34-30-58-48(66)20-6-4-10-26-56-50(68)22-24-52(71)72/h59-62,75-76H,1-14,17-38,41-44H2,(H,55,67)(H,56,68)(H,57,65)(H,58,66)(H,69,70)(H,71,72). The minimum absolute atomic E-state index is 0.0308. The first-order chi connectivity index (χ1) is 41.2. The molecule has 0 aliphatic heterocycles. The number of unbranched alkanes of at least 4 members (excludes halogenated alkanes) is 6. The Bertz CT molecular complexity index is 1900. The Labute approximate surface area is 497 Å². The maximum Gasteiger partial charge on any atom is 0.409 e. The van der Waals surface area contributed by atoms with E-state index in [1.165, 1.54) is 9.80 Å². The van der Waals surface area contributed by atoms with E-state index in [1.54, 1.807) is 0 Å². The van der Waals surface area contributed by atoms with Gasteiger partial charge in [-0.05, 0) is 51.4 Å². The van der Waals surface area contributed by atoms with Crippen molar-refractivity contribution in [3.05, 3.63) is 24.7 Å². The summed E-state index contributed by atoms with van der Waals surface area (Å²) in [6.07, 6.45) is 10.9. The number of aliphatic carboxylic acids is 2. The third-order valence-corrected chi connectivity index (χ3v) is 11.2. The van der Waals surface area contributed by atoms with E-state index in [-0.39, 0.29) is 141 Å². The van der Waals surface area contributed by atoms with E-state index < -0.39 is 24.1 Å². The number of nitrogens with zero attached hydrogens (tertiary/aromatic N) is 2. The molecule has 6 amide bonds. The Morgan fingerprint density at radius 3 is 1.15 bits per heavy atom. The minimum atomic E-state index is -1.06. The van der Waals surface area contributed by atoms with E-state index in [0.29, 0.717) is 115 Å². The molecule has 0 aromatic carbocycles. The fourth-order valence-corrected chi connectivity index (χ4v) is 6.80. The Kier molecular flexibility index (Phi) is 52.4. The molecule has 0 radical (unpaired) electrons. The summed E-state index contributed by atoms with van der Waals surface area (Å²) in [5.41, 5.74) is 11.3. The number of allylic oxidation sites excluding steroid dienone is 2. The van der Waals surface area contributed by atoms with Crippen LogP contribution in [0.3, 0.4) is 0 Å². The second-order valence-electron chi connectivity index (χ2n) is 18.3. The first-order valence-electron chi connectivity index (χ1n) is 28.5. The van der Waals surface area contributed by atoms with Crippen LogP contribution in [0.15, 0.2) is 24.7 Å². The summed E-state index contributed by atoms with van der Waals surface area (Å²) in [6.45, 7) is 11.1. The molecule has 0 spiro atoms. The van der Waals surface area contributed by atoms with Gasteiger partial charge in [0.05, 0.1) is 39.3 Å². The maximum atomic E-state index is 13.2. The van der Waals surface area contributed by atoms with Gasteiger partial charge in [0.1, 0.15) is 24.7 Å². The SMILES string of the molecule is C=C(CCCCNOCCC#COO)ONCCN(CCNOC(=C)CCCCNOCCC#COO)C(=O)OCCOCCOC(=O)N(CCNC(=O)CCCCCNC(=O)CCC(=O)O)CCNC(=O)CCCCCNC(=O)CCC(=O)O. The van der Waals surface area contributed by atoms with Crippen molar-refractivity contribution in [3.63, 3.8) is 0 Å². The van der Waals surface area contributed by atoms with Gasteiger partial charge in [0.2, 0.25) is 23.6 Å². The van der Waals surface area contributed by atoms with Gasteiger partial charge in [0.25, 0.3) is 0 Å². The number of ether oxygens (including phenoxy) is 3. The molecule has 0 heterocycles.